The molecule has 0 saturated heterocycles. The Labute approximate surface area is 128 Å². The average molecular weight is 305 g/mol. The van der Waals surface area contributed by atoms with E-state index in [-0.39, 0.29) is 0 Å². The van der Waals surface area contributed by atoms with E-state index in [0.717, 1.165) is 17.1 Å². The van der Waals surface area contributed by atoms with E-state index in [1.165, 1.54) is 0 Å². The molecule has 1 unspecified atom stereocenters. The first kappa shape index (κ1) is 17.3. The van der Waals surface area contributed by atoms with Crippen molar-refractivity contribution in [3.05, 3.63) is 60.2 Å². The highest BCUT2D eigenvalue weighted by Gasteiger charge is 2.17. The van der Waals surface area contributed by atoms with E-state index in [0.29, 0.717) is 0 Å². The fourth-order valence-corrected chi connectivity index (χ4v) is 2.86. The van der Waals surface area contributed by atoms with Gasteiger partial charge in [0.25, 0.3) is 0 Å². The van der Waals surface area contributed by atoms with Gasteiger partial charge in [0.15, 0.2) is 0 Å². The molecule has 4 heteroatoms. The Morgan fingerprint density at radius 2 is 1.43 bits per heavy atom. The molecule has 0 aliphatic rings. The number of nitrogens with zero attached hydrogens (tertiary/aromatic N) is 1. The van der Waals surface area contributed by atoms with Crippen LogP contribution in [0.4, 0.5) is 0 Å². The molecular formula is C17H24NO2P. The Hall–Kier alpha value is -1.73. The van der Waals surface area contributed by atoms with Crippen LogP contribution in [0.5, 0.6) is 11.5 Å². The third-order valence-electron chi connectivity index (χ3n) is 2.65. The topological polar surface area (TPSA) is 30.8 Å². The Morgan fingerprint density at radius 3 is 2.00 bits per heavy atom. The fourth-order valence-electron chi connectivity index (χ4n) is 1.64. The van der Waals surface area contributed by atoms with Gasteiger partial charge in [-0.25, -0.2) is 4.74 Å². The Bertz CT molecular complexity index is 597. The van der Waals surface area contributed by atoms with Crippen LogP contribution in [-0.4, -0.2) is 13.7 Å². The van der Waals surface area contributed by atoms with Gasteiger partial charge in [-0.05, 0) is 36.8 Å². The summed E-state index contributed by atoms with van der Waals surface area (Å²) in [6.07, 6.45) is 0. The Morgan fingerprint density at radius 1 is 0.857 bits per heavy atom. The second-order valence-corrected chi connectivity index (χ2v) is 6.69. The summed E-state index contributed by atoms with van der Waals surface area (Å²) in [5, 5.41) is 0. The lowest BCUT2D eigenvalue weighted by atomic mass is 10.2. The standard InChI is InChI=1S/C15H18NO2P.C2H6/c1-13-8-7-11-15(12-13)18-19(3,16-2)17-14-9-5-4-6-10-14;1-2/h4-12H,1-3H3;1-2H3. The molecular weight excluding hydrogens is 281 g/mol. The molecule has 0 bridgehead atoms. The zero-order valence-corrected chi connectivity index (χ0v) is 14.3. The first-order chi connectivity index (χ1) is 10.1. The smallest absolute Gasteiger partial charge is 0.310 e. The summed E-state index contributed by atoms with van der Waals surface area (Å²) in [5.41, 5.74) is 1.15. The molecule has 0 aliphatic carbocycles. The van der Waals surface area contributed by atoms with Gasteiger partial charge < -0.3 is 9.05 Å². The highest BCUT2D eigenvalue weighted by molar-refractivity contribution is 7.56. The van der Waals surface area contributed by atoms with Crippen molar-refractivity contribution in [3.8, 4) is 11.5 Å². The molecule has 0 N–H and O–H groups in total. The zero-order chi connectivity index (χ0) is 15.7. The van der Waals surface area contributed by atoms with Crippen molar-refractivity contribution in [2.75, 3.05) is 13.7 Å². The summed E-state index contributed by atoms with van der Waals surface area (Å²) in [6.45, 7) is 7.94. The van der Waals surface area contributed by atoms with Crippen molar-refractivity contribution >= 4 is 7.51 Å². The van der Waals surface area contributed by atoms with Gasteiger partial charge in [-0.2, -0.15) is 0 Å². The lowest BCUT2D eigenvalue weighted by molar-refractivity contribution is 0.481. The van der Waals surface area contributed by atoms with Crippen LogP contribution < -0.4 is 9.05 Å². The van der Waals surface area contributed by atoms with E-state index >= 15 is 0 Å². The van der Waals surface area contributed by atoms with Crippen LogP contribution in [0.2, 0.25) is 0 Å². The molecule has 21 heavy (non-hydrogen) atoms. The fraction of sp³-hybridized carbons (Fsp3) is 0.294. The van der Waals surface area contributed by atoms with Crippen LogP contribution in [0.1, 0.15) is 19.4 Å². The third-order valence-corrected chi connectivity index (χ3v) is 4.47. The van der Waals surface area contributed by atoms with Crippen LogP contribution in [-0.2, 0) is 0 Å². The first-order valence-electron chi connectivity index (χ1n) is 7.10. The third kappa shape index (κ3) is 5.65. The lowest BCUT2D eigenvalue weighted by Gasteiger charge is -2.21. The maximum Gasteiger partial charge on any atom is 0.310 e. The van der Waals surface area contributed by atoms with Crippen LogP contribution in [0.15, 0.2) is 59.3 Å². The molecule has 3 nitrogen and oxygen atoms in total. The molecule has 0 saturated carbocycles. The van der Waals surface area contributed by atoms with E-state index in [4.69, 9.17) is 9.05 Å². The SMILES string of the molecule is CC.CN=P(C)(Oc1ccccc1)Oc1cccc(C)c1. The van der Waals surface area contributed by atoms with Gasteiger partial charge in [0, 0.05) is 13.7 Å². The summed E-state index contributed by atoms with van der Waals surface area (Å²) in [4.78, 5) is 0. The van der Waals surface area contributed by atoms with Crippen molar-refractivity contribution in [2.45, 2.75) is 20.8 Å². The van der Waals surface area contributed by atoms with E-state index in [1.807, 2.05) is 82.0 Å². The summed E-state index contributed by atoms with van der Waals surface area (Å²) in [6, 6.07) is 17.5. The van der Waals surface area contributed by atoms with Crippen LogP contribution in [0.25, 0.3) is 0 Å². The summed E-state index contributed by atoms with van der Waals surface area (Å²) >= 11 is 0. The minimum Gasteiger partial charge on any atom is -0.430 e. The van der Waals surface area contributed by atoms with Gasteiger partial charge in [0.1, 0.15) is 11.5 Å². The highest BCUT2D eigenvalue weighted by atomic mass is 31.2. The first-order valence-corrected chi connectivity index (χ1v) is 9.12. The molecule has 0 aliphatic heterocycles. The number of hydrogen-bond donors (Lipinski definition) is 0. The quantitative estimate of drug-likeness (QED) is 0.671. The molecule has 0 fully saturated rings. The second kappa shape index (κ2) is 8.53. The molecule has 1 atom stereocenters. The summed E-state index contributed by atoms with van der Waals surface area (Å²) < 4.78 is 16.2. The molecule has 0 spiro atoms. The monoisotopic (exact) mass is 305 g/mol. The lowest BCUT2D eigenvalue weighted by Crippen LogP contribution is -2.00. The maximum atomic E-state index is 5.96. The van der Waals surface area contributed by atoms with E-state index in [9.17, 15) is 0 Å². The van der Waals surface area contributed by atoms with Crippen molar-refractivity contribution < 1.29 is 9.05 Å². The Balaban J connectivity index is 0.00000106. The largest absolute Gasteiger partial charge is 0.430 e. The molecule has 0 radical (unpaired) electrons. The Kier molecular flexibility index (Phi) is 7.04. The molecule has 114 valence electrons. The number of para-hydroxylation sites is 1. The zero-order valence-electron chi connectivity index (χ0n) is 13.4. The molecule has 0 amide bonds. The predicted octanol–water partition coefficient (Wildman–Crippen LogP) is 5.77. The summed E-state index contributed by atoms with van der Waals surface area (Å²) in [7, 11) is -0.560. The summed E-state index contributed by atoms with van der Waals surface area (Å²) in [5.74, 6) is 1.56. The van der Waals surface area contributed by atoms with E-state index < -0.39 is 7.51 Å². The normalized spacial score (nSPS) is 12.4. The highest BCUT2D eigenvalue weighted by Crippen LogP contribution is 2.47. The van der Waals surface area contributed by atoms with Gasteiger partial charge in [-0.15, -0.1) is 0 Å². The molecule has 2 rings (SSSR count). The van der Waals surface area contributed by atoms with Gasteiger partial charge in [0.2, 0.25) is 0 Å². The number of rotatable bonds is 4. The number of aryl methyl sites for hydroxylation is 1. The maximum absolute atomic E-state index is 5.96. The molecule has 0 heterocycles. The average Bonchev–Trinajstić information content (AvgIpc) is 2.50. The van der Waals surface area contributed by atoms with E-state index in [1.54, 1.807) is 7.05 Å². The molecule has 2 aromatic rings. The van der Waals surface area contributed by atoms with Gasteiger partial charge in [-0.3, -0.25) is 0 Å². The van der Waals surface area contributed by atoms with Gasteiger partial charge >= 0.3 is 7.51 Å². The van der Waals surface area contributed by atoms with Crippen LogP contribution in [0, 0.1) is 6.92 Å². The van der Waals surface area contributed by atoms with Crippen molar-refractivity contribution in [2.24, 2.45) is 4.74 Å². The van der Waals surface area contributed by atoms with Gasteiger partial charge in [0.05, 0.1) is 0 Å². The van der Waals surface area contributed by atoms with Gasteiger partial charge in [-0.1, -0.05) is 44.2 Å². The van der Waals surface area contributed by atoms with Crippen LogP contribution in [0.3, 0.4) is 0 Å². The van der Waals surface area contributed by atoms with Crippen molar-refractivity contribution in [1.29, 1.82) is 0 Å². The number of hydrogen-bond acceptors (Lipinski definition) is 3. The number of benzene rings is 2. The van der Waals surface area contributed by atoms with Crippen molar-refractivity contribution in [1.82, 2.24) is 0 Å². The second-order valence-electron chi connectivity index (χ2n) is 4.32. The molecule has 0 aromatic heterocycles. The van der Waals surface area contributed by atoms with Crippen molar-refractivity contribution in [3.63, 3.8) is 0 Å². The van der Waals surface area contributed by atoms with E-state index in [2.05, 4.69) is 4.74 Å². The minimum atomic E-state index is -2.29. The van der Waals surface area contributed by atoms with Crippen LogP contribution >= 0.6 is 7.51 Å². The predicted molar refractivity (Wildman–Crippen MR) is 91.4 cm³/mol. The minimum absolute atomic E-state index is 0.775. The molecule has 2 aromatic carbocycles.